The molecule has 160 valence electrons. The number of fused-ring (bicyclic) bond motifs is 1. The first-order chi connectivity index (χ1) is 15.0. The normalized spacial score (nSPS) is 25.8. The molecule has 3 heterocycles. The molecule has 0 bridgehead atoms. The number of hydrogen-bond donors (Lipinski definition) is 0. The average Bonchev–Trinajstić information content (AvgIpc) is 3.22. The van der Waals surface area contributed by atoms with Crippen LogP contribution in [0.2, 0.25) is 5.02 Å². The zero-order valence-electron chi connectivity index (χ0n) is 16.8. The van der Waals surface area contributed by atoms with Crippen molar-refractivity contribution in [3.63, 3.8) is 0 Å². The highest BCUT2D eigenvalue weighted by Gasteiger charge is 2.41. The molecule has 5 rings (SSSR count). The monoisotopic (exact) mass is 440 g/mol. The molecule has 2 saturated heterocycles. The summed E-state index contributed by atoms with van der Waals surface area (Å²) in [6, 6.07) is 7.12. The Kier molecular flexibility index (Phi) is 5.25. The van der Waals surface area contributed by atoms with Crippen LogP contribution in [0.4, 0.5) is 0 Å². The fourth-order valence-electron chi connectivity index (χ4n) is 4.13. The Bertz CT molecular complexity index is 1040. The van der Waals surface area contributed by atoms with Crippen molar-refractivity contribution in [3.05, 3.63) is 64.4 Å². The van der Waals surface area contributed by atoms with Crippen molar-refractivity contribution in [3.8, 4) is 0 Å². The molecule has 0 saturated carbocycles. The first-order valence-corrected chi connectivity index (χ1v) is 10.6. The van der Waals surface area contributed by atoms with E-state index in [1.165, 1.54) is 0 Å². The molecule has 0 aromatic heterocycles. The third-order valence-corrected chi connectivity index (χ3v) is 6.00. The molecule has 1 aromatic carbocycles. The number of aliphatic imine (C=N–C) groups is 1. The van der Waals surface area contributed by atoms with E-state index in [9.17, 15) is 9.59 Å². The van der Waals surface area contributed by atoms with Crippen LogP contribution in [0.15, 0.2) is 58.8 Å². The average molecular weight is 441 g/mol. The van der Waals surface area contributed by atoms with Crippen LogP contribution >= 0.6 is 11.6 Å². The highest BCUT2D eigenvalue weighted by atomic mass is 35.5. The van der Waals surface area contributed by atoms with Gasteiger partial charge >= 0.3 is 5.91 Å². The fourth-order valence-corrected chi connectivity index (χ4v) is 4.33. The molecule has 8 heteroatoms. The van der Waals surface area contributed by atoms with Crippen molar-refractivity contribution in [1.29, 1.82) is 0 Å². The molecule has 31 heavy (non-hydrogen) atoms. The molecule has 0 radical (unpaired) electrons. The summed E-state index contributed by atoms with van der Waals surface area (Å²) in [7, 11) is 0. The minimum absolute atomic E-state index is 0.0991. The fraction of sp³-hybridized carbons (Fsp3) is 0.348. The molecule has 7 nitrogen and oxygen atoms in total. The molecule has 4 aliphatic rings. The minimum Gasteiger partial charge on any atom is -0.474 e. The SMILES string of the molecule is O=C1N=C2C=C(C(=O)N3CCC4(CC3)OCCO4)C=CC2O/C1=C\c1cccc(Cl)c1. The predicted molar refractivity (Wildman–Crippen MR) is 114 cm³/mol. The van der Waals surface area contributed by atoms with Gasteiger partial charge in [0.05, 0.1) is 18.9 Å². The maximum atomic E-state index is 13.0. The van der Waals surface area contributed by atoms with Crippen LogP contribution in [0.3, 0.4) is 0 Å². The molecule has 2 fully saturated rings. The summed E-state index contributed by atoms with van der Waals surface area (Å²) in [5.74, 6) is -0.974. The molecule has 3 aliphatic heterocycles. The Morgan fingerprint density at radius 1 is 1.23 bits per heavy atom. The van der Waals surface area contributed by atoms with Crippen molar-refractivity contribution in [2.24, 2.45) is 4.99 Å². The van der Waals surface area contributed by atoms with Crippen LogP contribution < -0.4 is 0 Å². The maximum Gasteiger partial charge on any atom is 0.312 e. The van der Waals surface area contributed by atoms with Crippen molar-refractivity contribution in [2.45, 2.75) is 24.7 Å². The van der Waals surface area contributed by atoms with Gasteiger partial charge in [0.1, 0.15) is 0 Å². The number of benzene rings is 1. The second-order valence-electron chi connectivity index (χ2n) is 7.80. The number of halogens is 1. The largest absolute Gasteiger partial charge is 0.474 e. The van der Waals surface area contributed by atoms with Gasteiger partial charge in [-0.05, 0) is 42.0 Å². The molecule has 0 N–H and O–H groups in total. The lowest BCUT2D eigenvalue weighted by Gasteiger charge is -2.38. The van der Waals surface area contributed by atoms with E-state index in [0.29, 0.717) is 55.5 Å². The zero-order chi connectivity index (χ0) is 21.4. The number of nitrogens with zero attached hydrogens (tertiary/aromatic N) is 2. The number of amides is 2. The highest BCUT2D eigenvalue weighted by Crippen LogP contribution is 2.32. The number of likely N-dealkylation sites (tertiary alicyclic amines) is 1. The molecule has 1 atom stereocenters. The third kappa shape index (κ3) is 4.08. The van der Waals surface area contributed by atoms with Crippen molar-refractivity contribution in [2.75, 3.05) is 26.3 Å². The van der Waals surface area contributed by atoms with Gasteiger partial charge in [0, 0.05) is 36.5 Å². The first kappa shape index (κ1) is 20.2. The van der Waals surface area contributed by atoms with Gasteiger partial charge in [-0.2, -0.15) is 0 Å². The summed E-state index contributed by atoms with van der Waals surface area (Å²) < 4.78 is 17.3. The number of piperidine rings is 1. The molecule has 2 amide bonds. The number of carbonyl (C=O) groups is 2. The van der Waals surface area contributed by atoms with Crippen LogP contribution in [0.1, 0.15) is 18.4 Å². The minimum atomic E-state index is -0.530. The van der Waals surface area contributed by atoms with E-state index in [2.05, 4.69) is 4.99 Å². The summed E-state index contributed by atoms with van der Waals surface area (Å²) in [4.78, 5) is 31.4. The zero-order valence-corrected chi connectivity index (χ0v) is 17.5. The van der Waals surface area contributed by atoms with Crippen LogP contribution in [-0.2, 0) is 23.8 Å². The molecule has 1 unspecified atom stereocenters. The second kappa shape index (κ2) is 8.07. The maximum absolute atomic E-state index is 13.0. The number of hydrogen-bond acceptors (Lipinski definition) is 5. The van der Waals surface area contributed by atoms with E-state index in [-0.39, 0.29) is 11.7 Å². The highest BCUT2D eigenvalue weighted by molar-refractivity contribution is 6.30. The van der Waals surface area contributed by atoms with Gasteiger partial charge in [-0.25, -0.2) is 4.99 Å². The van der Waals surface area contributed by atoms with E-state index in [1.54, 1.807) is 47.4 Å². The van der Waals surface area contributed by atoms with E-state index in [0.717, 1.165) is 5.56 Å². The van der Waals surface area contributed by atoms with Crippen LogP contribution in [-0.4, -0.2) is 60.6 Å². The molecule has 1 aliphatic carbocycles. The summed E-state index contributed by atoms with van der Waals surface area (Å²) in [5.41, 5.74) is 1.66. The lowest BCUT2D eigenvalue weighted by molar-refractivity contribution is -0.186. The van der Waals surface area contributed by atoms with Crippen LogP contribution in [0.5, 0.6) is 0 Å². The van der Waals surface area contributed by atoms with Gasteiger partial charge in [-0.3, -0.25) is 9.59 Å². The molecular weight excluding hydrogens is 420 g/mol. The smallest absolute Gasteiger partial charge is 0.312 e. The van der Waals surface area contributed by atoms with E-state index < -0.39 is 17.8 Å². The Hall–Kier alpha value is -2.74. The predicted octanol–water partition coefficient (Wildman–Crippen LogP) is 2.91. The van der Waals surface area contributed by atoms with Crippen LogP contribution in [0, 0.1) is 0 Å². The lowest BCUT2D eigenvalue weighted by Crippen LogP contribution is -2.47. The summed E-state index contributed by atoms with van der Waals surface area (Å²) in [6.45, 7) is 2.32. The topological polar surface area (TPSA) is 77.4 Å². The van der Waals surface area contributed by atoms with Gasteiger partial charge in [-0.1, -0.05) is 23.7 Å². The van der Waals surface area contributed by atoms with E-state index in [1.807, 2.05) is 6.07 Å². The Morgan fingerprint density at radius 2 is 2.00 bits per heavy atom. The quantitative estimate of drug-likeness (QED) is 0.661. The number of rotatable bonds is 2. The van der Waals surface area contributed by atoms with Crippen LogP contribution in [0.25, 0.3) is 6.08 Å². The summed E-state index contributed by atoms with van der Waals surface area (Å²) in [5, 5.41) is 0.570. The van der Waals surface area contributed by atoms with E-state index in [4.69, 9.17) is 25.8 Å². The molecule has 1 aromatic rings. The Morgan fingerprint density at radius 3 is 2.74 bits per heavy atom. The standard InChI is InChI=1S/C23H21ClN2O5/c24-17-3-1-2-15(12-17)13-20-21(27)25-18-14-16(4-5-19(18)31-20)22(28)26-8-6-23(7-9-26)29-10-11-30-23/h1-5,12-14,19H,6-11H2/b20-13-. The van der Waals surface area contributed by atoms with Crippen molar-refractivity contribution >= 4 is 35.2 Å². The summed E-state index contributed by atoms with van der Waals surface area (Å²) >= 11 is 6.00. The number of carbonyl (C=O) groups excluding carboxylic acids is 2. The Labute approximate surface area is 184 Å². The first-order valence-electron chi connectivity index (χ1n) is 10.3. The van der Waals surface area contributed by atoms with Crippen molar-refractivity contribution < 1.29 is 23.8 Å². The second-order valence-corrected chi connectivity index (χ2v) is 8.24. The molecule has 1 spiro atoms. The molecular formula is C23H21ClN2O5. The van der Waals surface area contributed by atoms with Gasteiger partial charge in [0.2, 0.25) is 0 Å². The van der Waals surface area contributed by atoms with Gasteiger partial charge in [0.25, 0.3) is 5.91 Å². The van der Waals surface area contributed by atoms with Gasteiger partial charge in [-0.15, -0.1) is 0 Å². The van der Waals surface area contributed by atoms with Gasteiger partial charge in [0.15, 0.2) is 17.7 Å². The third-order valence-electron chi connectivity index (χ3n) is 5.76. The van der Waals surface area contributed by atoms with Gasteiger partial charge < -0.3 is 19.1 Å². The van der Waals surface area contributed by atoms with E-state index >= 15 is 0 Å². The van der Waals surface area contributed by atoms with Crippen molar-refractivity contribution in [1.82, 2.24) is 4.90 Å². The lowest BCUT2D eigenvalue weighted by atomic mass is 9.98. The Balaban J connectivity index is 1.30. The summed E-state index contributed by atoms with van der Waals surface area (Å²) in [6.07, 6.45) is 7.52. The number of ether oxygens (including phenoxy) is 3.